The summed E-state index contributed by atoms with van der Waals surface area (Å²) in [5.41, 5.74) is 0. The highest BCUT2D eigenvalue weighted by Crippen LogP contribution is 2.24. The van der Waals surface area contributed by atoms with Crippen LogP contribution in [0.2, 0.25) is 0 Å². The smallest absolute Gasteiger partial charge is 0.326 e. The number of amides is 2. The van der Waals surface area contributed by atoms with Crippen molar-refractivity contribution in [1.29, 1.82) is 0 Å². The second kappa shape index (κ2) is 9.37. The van der Waals surface area contributed by atoms with Gasteiger partial charge in [0.05, 0.1) is 0 Å². The summed E-state index contributed by atoms with van der Waals surface area (Å²) in [6, 6.07) is -0.831. The van der Waals surface area contributed by atoms with Gasteiger partial charge in [0.2, 0.25) is 11.8 Å². The number of carboxylic acids is 1. The van der Waals surface area contributed by atoms with Crippen LogP contribution in [0.3, 0.4) is 0 Å². The number of carbonyl (C=O) groups excluding carboxylic acids is 2. The van der Waals surface area contributed by atoms with Crippen LogP contribution < -0.4 is 10.6 Å². The molecule has 0 aromatic heterocycles. The lowest BCUT2D eigenvalue weighted by atomic mass is 10.1. The maximum absolute atomic E-state index is 11.8. The van der Waals surface area contributed by atoms with Gasteiger partial charge < -0.3 is 15.7 Å². The molecule has 0 spiro atoms. The molecule has 1 atom stereocenters. The van der Waals surface area contributed by atoms with E-state index in [0.29, 0.717) is 6.42 Å². The molecular formula is C15H26N2O4. The lowest BCUT2D eigenvalue weighted by Crippen LogP contribution is -2.42. The zero-order valence-corrected chi connectivity index (χ0v) is 12.7. The van der Waals surface area contributed by atoms with Gasteiger partial charge >= 0.3 is 5.97 Å². The van der Waals surface area contributed by atoms with Crippen LogP contribution in [-0.2, 0) is 14.4 Å². The average molecular weight is 298 g/mol. The number of nitrogens with one attached hydrogen (secondary N) is 2. The van der Waals surface area contributed by atoms with E-state index < -0.39 is 12.0 Å². The maximum Gasteiger partial charge on any atom is 0.326 e. The Morgan fingerprint density at radius 1 is 1.24 bits per heavy atom. The summed E-state index contributed by atoms with van der Waals surface area (Å²) in [6.45, 7) is 2.24. The molecule has 0 bridgehead atoms. The summed E-state index contributed by atoms with van der Waals surface area (Å²) < 4.78 is 0. The second-order valence-electron chi connectivity index (χ2n) is 5.62. The molecule has 3 N–H and O–H groups in total. The molecule has 1 aliphatic rings. The van der Waals surface area contributed by atoms with Crippen molar-refractivity contribution in [3.63, 3.8) is 0 Å². The topological polar surface area (TPSA) is 95.5 Å². The summed E-state index contributed by atoms with van der Waals surface area (Å²) in [4.78, 5) is 34.5. The van der Waals surface area contributed by atoms with Crippen LogP contribution in [0.25, 0.3) is 0 Å². The standard InChI is InChI=1S/C15H26N2O4/c1-2-3-8-12(15(20)21)17-13(18)9-10-16-14(19)11-6-4-5-7-11/h11-12H,2-10H2,1H3,(H,16,19)(H,17,18)(H,20,21). The largest absolute Gasteiger partial charge is 0.480 e. The molecule has 0 radical (unpaired) electrons. The Labute approximate surface area is 125 Å². The van der Waals surface area contributed by atoms with E-state index in [1.54, 1.807) is 0 Å². The first-order chi connectivity index (χ1) is 10.0. The molecule has 2 amide bonds. The number of hydrogen-bond acceptors (Lipinski definition) is 3. The van der Waals surface area contributed by atoms with Gasteiger partial charge in [-0.25, -0.2) is 4.79 Å². The highest BCUT2D eigenvalue weighted by atomic mass is 16.4. The van der Waals surface area contributed by atoms with Crippen LogP contribution in [0.5, 0.6) is 0 Å². The van der Waals surface area contributed by atoms with Crippen molar-refractivity contribution in [1.82, 2.24) is 10.6 Å². The number of unbranched alkanes of at least 4 members (excludes halogenated alkanes) is 1. The zero-order chi connectivity index (χ0) is 15.7. The van der Waals surface area contributed by atoms with Crippen LogP contribution in [0.4, 0.5) is 0 Å². The van der Waals surface area contributed by atoms with Gasteiger partial charge in [0.25, 0.3) is 0 Å². The molecule has 1 fully saturated rings. The van der Waals surface area contributed by atoms with Gasteiger partial charge in [-0.15, -0.1) is 0 Å². The Bertz CT molecular complexity index is 365. The van der Waals surface area contributed by atoms with Crippen molar-refractivity contribution in [2.45, 2.75) is 64.3 Å². The summed E-state index contributed by atoms with van der Waals surface area (Å²) >= 11 is 0. The predicted octanol–water partition coefficient (Wildman–Crippen LogP) is 1.44. The van der Waals surface area contributed by atoms with E-state index in [2.05, 4.69) is 10.6 Å². The van der Waals surface area contributed by atoms with E-state index in [1.807, 2.05) is 6.92 Å². The van der Waals surface area contributed by atoms with Crippen molar-refractivity contribution >= 4 is 17.8 Å². The molecule has 120 valence electrons. The van der Waals surface area contributed by atoms with Crippen molar-refractivity contribution in [2.24, 2.45) is 5.92 Å². The Morgan fingerprint density at radius 2 is 1.90 bits per heavy atom. The second-order valence-corrected chi connectivity index (χ2v) is 5.62. The SMILES string of the molecule is CCCCC(NC(=O)CCNC(=O)C1CCCC1)C(=O)O. The molecule has 21 heavy (non-hydrogen) atoms. The fraction of sp³-hybridized carbons (Fsp3) is 0.800. The molecule has 1 unspecified atom stereocenters. The summed E-state index contributed by atoms with van der Waals surface area (Å²) in [5, 5.41) is 14.3. The van der Waals surface area contributed by atoms with E-state index in [9.17, 15) is 14.4 Å². The van der Waals surface area contributed by atoms with Crippen molar-refractivity contribution in [3.05, 3.63) is 0 Å². The minimum Gasteiger partial charge on any atom is -0.480 e. The summed E-state index contributed by atoms with van der Waals surface area (Å²) in [6.07, 6.45) is 6.24. The maximum atomic E-state index is 11.8. The third kappa shape index (κ3) is 6.60. The highest BCUT2D eigenvalue weighted by molar-refractivity contribution is 5.84. The molecule has 1 rings (SSSR count). The number of carboxylic acid groups (broad SMARTS) is 1. The zero-order valence-electron chi connectivity index (χ0n) is 12.7. The monoisotopic (exact) mass is 298 g/mol. The Hall–Kier alpha value is -1.59. The molecule has 0 saturated heterocycles. The normalized spacial score (nSPS) is 16.4. The third-order valence-corrected chi connectivity index (χ3v) is 3.86. The average Bonchev–Trinajstić information content (AvgIpc) is 2.97. The number of aliphatic carboxylic acids is 1. The Kier molecular flexibility index (Phi) is 7.79. The number of carbonyl (C=O) groups is 3. The molecule has 1 saturated carbocycles. The van der Waals surface area contributed by atoms with Crippen LogP contribution in [0.1, 0.15) is 58.3 Å². The van der Waals surface area contributed by atoms with E-state index in [4.69, 9.17) is 5.11 Å². The molecular weight excluding hydrogens is 272 g/mol. The molecule has 0 aliphatic heterocycles. The highest BCUT2D eigenvalue weighted by Gasteiger charge is 2.23. The summed E-state index contributed by atoms with van der Waals surface area (Å²) in [7, 11) is 0. The van der Waals surface area contributed by atoms with E-state index in [0.717, 1.165) is 38.5 Å². The lowest BCUT2D eigenvalue weighted by Gasteiger charge is -2.14. The quantitative estimate of drug-likeness (QED) is 0.600. The van der Waals surface area contributed by atoms with Crippen LogP contribution in [-0.4, -0.2) is 35.5 Å². The Balaban J connectivity index is 2.22. The van der Waals surface area contributed by atoms with Gasteiger partial charge in [0, 0.05) is 18.9 Å². The molecule has 1 aliphatic carbocycles. The molecule has 0 aromatic carbocycles. The minimum absolute atomic E-state index is 0.0149. The fourth-order valence-corrected chi connectivity index (χ4v) is 2.56. The van der Waals surface area contributed by atoms with Crippen molar-refractivity contribution < 1.29 is 19.5 Å². The summed E-state index contributed by atoms with van der Waals surface area (Å²) in [5.74, 6) is -1.23. The first kappa shape index (κ1) is 17.5. The van der Waals surface area contributed by atoms with E-state index in [-0.39, 0.29) is 30.7 Å². The molecule has 0 aromatic rings. The fourth-order valence-electron chi connectivity index (χ4n) is 2.56. The van der Waals surface area contributed by atoms with E-state index in [1.165, 1.54) is 0 Å². The van der Waals surface area contributed by atoms with Gasteiger partial charge in [0.15, 0.2) is 0 Å². The van der Waals surface area contributed by atoms with Crippen LogP contribution >= 0.6 is 0 Å². The third-order valence-electron chi connectivity index (χ3n) is 3.86. The minimum atomic E-state index is -1.01. The van der Waals surface area contributed by atoms with Crippen LogP contribution in [0, 0.1) is 5.92 Å². The van der Waals surface area contributed by atoms with E-state index >= 15 is 0 Å². The lowest BCUT2D eigenvalue weighted by molar-refractivity contribution is -0.142. The molecule has 6 heteroatoms. The number of hydrogen-bond donors (Lipinski definition) is 3. The van der Waals surface area contributed by atoms with Gasteiger partial charge in [-0.1, -0.05) is 32.6 Å². The van der Waals surface area contributed by atoms with Crippen molar-refractivity contribution in [2.75, 3.05) is 6.54 Å². The van der Waals surface area contributed by atoms with Crippen LogP contribution in [0.15, 0.2) is 0 Å². The van der Waals surface area contributed by atoms with Crippen molar-refractivity contribution in [3.8, 4) is 0 Å². The molecule has 6 nitrogen and oxygen atoms in total. The predicted molar refractivity (Wildman–Crippen MR) is 78.7 cm³/mol. The molecule has 0 heterocycles. The van der Waals surface area contributed by atoms with Gasteiger partial charge in [-0.2, -0.15) is 0 Å². The first-order valence-electron chi connectivity index (χ1n) is 7.84. The number of rotatable bonds is 9. The first-order valence-corrected chi connectivity index (χ1v) is 7.84. The Morgan fingerprint density at radius 3 is 2.48 bits per heavy atom. The van der Waals surface area contributed by atoms with Gasteiger partial charge in [-0.3, -0.25) is 9.59 Å². The van der Waals surface area contributed by atoms with Gasteiger partial charge in [0.1, 0.15) is 6.04 Å². The van der Waals surface area contributed by atoms with Gasteiger partial charge in [-0.05, 0) is 19.3 Å².